The fourth-order valence-electron chi connectivity index (χ4n) is 3.85. The summed E-state index contributed by atoms with van der Waals surface area (Å²) in [5, 5.41) is 0. The fourth-order valence-corrected chi connectivity index (χ4v) is 5.54. The number of hydrogen-bond donors (Lipinski definition) is 0. The van der Waals surface area contributed by atoms with E-state index < -0.39 is 15.8 Å². The molecule has 3 aromatic carbocycles. The highest BCUT2D eigenvalue weighted by molar-refractivity contribution is 9.10. The van der Waals surface area contributed by atoms with Gasteiger partial charge in [-0.15, -0.1) is 0 Å². The molecular weight excluding hydrogens is 467 g/mol. The third-order valence-corrected chi connectivity index (χ3v) is 7.83. The van der Waals surface area contributed by atoms with Crippen LogP contribution in [0.25, 0.3) is 0 Å². The first kappa shape index (κ1) is 21.2. The van der Waals surface area contributed by atoms with Crippen molar-refractivity contribution in [3.8, 4) is 0 Å². The van der Waals surface area contributed by atoms with E-state index in [0.717, 1.165) is 4.47 Å². The lowest BCUT2D eigenvalue weighted by Gasteiger charge is -2.39. The molecule has 0 amide bonds. The maximum absolute atomic E-state index is 13.2. The van der Waals surface area contributed by atoms with Gasteiger partial charge in [0.25, 0.3) is 0 Å². The highest BCUT2D eigenvalue weighted by Crippen LogP contribution is 2.31. The minimum atomic E-state index is -3.63. The Morgan fingerprint density at radius 1 is 0.767 bits per heavy atom. The summed E-state index contributed by atoms with van der Waals surface area (Å²) in [4.78, 5) is 2.44. The summed E-state index contributed by atoms with van der Waals surface area (Å²) >= 11 is 3.49. The van der Waals surface area contributed by atoms with Gasteiger partial charge >= 0.3 is 0 Å². The van der Waals surface area contributed by atoms with E-state index >= 15 is 0 Å². The number of rotatable bonds is 5. The van der Waals surface area contributed by atoms with Gasteiger partial charge in [0.05, 0.1) is 10.9 Å². The molecule has 3 aromatic rings. The van der Waals surface area contributed by atoms with Gasteiger partial charge in [-0.3, -0.25) is 4.90 Å². The van der Waals surface area contributed by atoms with Gasteiger partial charge in [0.15, 0.2) is 0 Å². The Balaban J connectivity index is 1.56. The van der Waals surface area contributed by atoms with Crippen molar-refractivity contribution in [2.24, 2.45) is 0 Å². The lowest BCUT2D eigenvalue weighted by atomic mass is 9.96. The number of sulfonamides is 1. The van der Waals surface area contributed by atoms with E-state index in [0.29, 0.717) is 26.2 Å². The molecule has 0 saturated carbocycles. The van der Waals surface area contributed by atoms with Crippen LogP contribution in [0, 0.1) is 5.82 Å². The molecule has 4 nitrogen and oxygen atoms in total. The van der Waals surface area contributed by atoms with Crippen molar-refractivity contribution in [1.82, 2.24) is 9.21 Å². The highest BCUT2D eigenvalue weighted by Gasteiger charge is 2.32. The van der Waals surface area contributed by atoms with Crippen LogP contribution in [-0.2, 0) is 10.0 Å². The molecule has 1 heterocycles. The summed E-state index contributed by atoms with van der Waals surface area (Å²) < 4.78 is 41.6. The zero-order valence-corrected chi connectivity index (χ0v) is 18.7. The Morgan fingerprint density at radius 2 is 1.33 bits per heavy atom. The van der Waals surface area contributed by atoms with Gasteiger partial charge in [-0.25, -0.2) is 12.8 Å². The summed E-state index contributed by atoms with van der Waals surface area (Å²) in [5.74, 6) is -0.445. The second-order valence-corrected chi connectivity index (χ2v) is 10.1. The molecule has 0 N–H and O–H groups in total. The van der Waals surface area contributed by atoms with Crippen LogP contribution < -0.4 is 0 Å². The Hall–Kier alpha value is -2.06. The van der Waals surface area contributed by atoms with E-state index in [4.69, 9.17) is 0 Å². The van der Waals surface area contributed by atoms with Crippen LogP contribution in [0.5, 0.6) is 0 Å². The van der Waals surface area contributed by atoms with Crippen molar-refractivity contribution in [2.45, 2.75) is 10.9 Å². The smallest absolute Gasteiger partial charge is 0.243 e. The Labute approximate surface area is 185 Å². The third kappa shape index (κ3) is 4.49. The van der Waals surface area contributed by atoms with Crippen LogP contribution in [-0.4, -0.2) is 43.8 Å². The Bertz CT molecular complexity index is 1080. The largest absolute Gasteiger partial charge is 0.290 e. The number of piperazine rings is 1. The first-order valence-electron chi connectivity index (χ1n) is 9.75. The molecule has 0 spiro atoms. The molecule has 4 rings (SSSR count). The molecule has 156 valence electrons. The van der Waals surface area contributed by atoms with Crippen LogP contribution in [0.1, 0.15) is 17.2 Å². The molecule has 0 bridgehead atoms. The van der Waals surface area contributed by atoms with E-state index in [1.807, 2.05) is 30.3 Å². The van der Waals surface area contributed by atoms with E-state index in [1.165, 1.54) is 39.7 Å². The van der Waals surface area contributed by atoms with Gasteiger partial charge in [0.2, 0.25) is 10.0 Å². The van der Waals surface area contributed by atoms with E-state index in [1.54, 1.807) is 0 Å². The molecule has 0 radical (unpaired) electrons. The van der Waals surface area contributed by atoms with Crippen molar-refractivity contribution >= 4 is 26.0 Å². The first-order chi connectivity index (χ1) is 14.4. The molecule has 1 saturated heterocycles. The molecule has 1 atom stereocenters. The molecule has 1 aliphatic rings. The standard InChI is InChI=1S/C23H22BrFN2O2S/c24-20-8-6-19(7-9-20)23(18-4-2-1-3-5-18)26-14-16-27(17-15-26)30(28,29)22-12-10-21(25)11-13-22/h1-13,23H,14-17H2. The molecule has 30 heavy (non-hydrogen) atoms. The maximum Gasteiger partial charge on any atom is 0.243 e. The van der Waals surface area contributed by atoms with Crippen LogP contribution in [0.2, 0.25) is 0 Å². The number of benzene rings is 3. The van der Waals surface area contributed by atoms with Crippen LogP contribution in [0.3, 0.4) is 0 Å². The minimum absolute atomic E-state index is 0.0509. The van der Waals surface area contributed by atoms with Gasteiger partial charge < -0.3 is 0 Å². The van der Waals surface area contributed by atoms with Crippen molar-refractivity contribution in [2.75, 3.05) is 26.2 Å². The first-order valence-corrected chi connectivity index (χ1v) is 12.0. The third-order valence-electron chi connectivity index (χ3n) is 5.39. The highest BCUT2D eigenvalue weighted by atomic mass is 79.9. The summed E-state index contributed by atoms with van der Waals surface area (Å²) in [5.41, 5.74) is 2.34. The van der Waals surface area contributed by atoms with Crippen molar-refractivity contribution in [3.63, 3.8) is 0 Å². The zero-order chi connectivity index (χ0) is 21.1. The van der Waals surface area contributed by atoms with Crippen LogP contribution >= 0.6 is 15.9 Å². The van der Waals surface area contributed by atoms with Crippen LogP contribution in [0.4, 0.5) is 4.39 Å². The van der Waals surface area contributed by atoms with Crippen molar-refractivity contribution in [3.05, 3.63) is 100 Å². The summed E-state index contributed by atoms with van der Waals surface area (Å²) in [6.45, 7) is 1.99. The molecular formula is C23H22BrFN2O2S. The van der Waals surface area contributed by atoms with Gasteiger partial charge in [0, 0.05) is 30.7 Å². The quantitative estimate of drug-likeness (QED) is 0.523. The Morgan fingerprint density at radius 3 is 1.93 bits per heavy atom. The number of hydrogen-bond acceptors (Lipinski definition) is 3. The van der Waals surface area contributed by atoms with Crippen LogP contribution in [0.15, 0.2) is 88.2 Å². The predicted octanol–water partition coefficient (Wildman–Crippen LogP) is 4.68. The molecule has 0 aliphatic carbocycles. The normalized spacial score (nSPS) is 17.0. The SMILES string of the molecule is O=S(=O)(c1ccc(F)cc1)N1CCN(C(c2ccccc2)c2ccc(Br)cc2)CC1. The second kappa shape index (κ2) is 8.98. The van der Waals surface area contributed by atoms with Crippen molar-refractivity contribution < 1.29 is 12.8 Å². The molecule has 0 aromatic heterocycles. The summed E-state index contributed by atoms with van der Waals surface area (Å²) in [6.07, 6.45) is 0. The predicted molar refractivity (Wildman–Crippen MR) is 119 cm³/mol. The molecule has 1 unspecified atom stereocenters. The summed E-state index contributed by atoms with van der Waals surface area (Å²) in [7, 11) is -3.63. The van der Waals surface area contributed by atoms with Gasteiger partial charge in [-0.1, -0.05) is 58.4 Å². The lowest BCUT2D eigenvalue weighted by molar-refractivity contribution is 0.156. The maximum atomic E-state index is 13.2. The second-order valence-electron chi connectivity index (χ2n) is 7.26. The lowest BCUT2D eigenvalue weighted by Crippen LogP contribution is -2.49. The van der Waals surface area contributed by atoms with Crippen molar-refractivity contribution in [1.29, 1.82) is 0 Å². The number of nitrogens with zero attached hydrogens (tertiary/aromatic N) is 2. The minimum Gasteiger partial charge on any atom is -0.290 e. The van der Waals surface area contributed by atoms with Gasteiger partial charge in [0.1, 0.15) is 5.82 Å². The monoisotopic (exact) mass is 488 g/mol. The zero-order valence-electron chi connectivity index (χ0n) is 16.3. The van der Waals surface area contributed by atoms with E-state index in [-0.39, 0.29) is 10.9 Å². The number of halogens is 2. The van der Waals surface area contributed by atoms with Gasteiger partial charge in [-0.05, 0) is 47.5 Å². The Kier molecular flexibility index (Phi) is 6.34. The van der Waals surface area contributed by atoms with E-state index in [2.05, 4.69) is 45.1 Å². The molecule has 1 fully saturated rings. The average Bonchev–Trinajstić information content (AvgIpc) is 2.77. The molecule has 1 aliphatic heterocycles. The summed E-state index contributed by atoms with van der Waals surface area (Å²) in [6, 6.07) is 23.6. The molecule has 7 heteroatoms. The van der Waals surface area contributed by atoms with Gasteiger partial charge in [-0.2, -0.15) is 4.31 Å². The van der Waals surface area contributed by atoms with E-state index in [9.17, 15) is 12.8 Å². The average molecular weight is 489 g/mol. The topological polar surface area (TPSA) is 40.6 Å². The fraction of sp³-hybridized carbons (Fsp3) is 0.217.